The first-order valence-corrected chi connectivity index (χ1v) is 7.69. The largest absolute Gasteiger partial charge is 0.426 e. The predicted octanol–water partition coefficient (Wildman–Crippen LogP) is 3.85. The maximum absolute atomic E-state index is 12.3. The summed E-state index contributed by atoms with van der Waals surface area (Å²) in [6.45, 7) is 1.99. The van der Waals surface area contributed by atoms with Gasteiger partial charge in [-0.2, -0.15) is 0 Å². The van der Waals surface area contributed by atoms with Crippen LogP contribution in [0.15, 0.2) is 42.5 Å². The smallest absolute Gasteiger partial charge is 0.321 e. The molecule has 2 aromatic carbocycles. The molecule has 2 heterocycles. The molecule has 1 aliphatic heterocycles. The summed E-state index contributed by atoms with van der Waals surface area (Å²) < 4.78 is 6.61. The van der Waals surface area contributed by atoms with E-state index >= 15 is 0 Å². The van der Waals surface area contributed by atoms with E-state index in [1.807, 2.05) is 49.4 Å². The number of esters is 1. The van der Waals surface area contributed by atoms with E-state index in [9.17, 15) is 4.79 Å². The molecule has 0 amide bonds. The average Bonchev–Trinajstić information content (AvgIpc) is 2.90. The quantitative estimate of drug-likeness (QED) is 0.505. The Morgan fingerprint density at radius 3 is 2.95 bits per heavy atom. The molecular formula is C17H13NO2S. The second-order valence-electron chi connectivity index (χ2n) is 5.31. The number of fused-ring (bicyclic) bond motifs is 2. The van der Waals surface area contributed by atoms with Crippen molar-refractivity contribution in [2.45, 2.75) is 19.3 Å². The lowest BCUT2D eigenvalue weighted by Gasteiger charge is -2.22. The summed E-state index contributed by atoms with van der Waals surface area (Å²) in [5.41, 5.74) is 3.12. The highest BCUT2D eigenvalue weighted by Gasteiger charge is 2.32. The zero-order chi connectivity index (χ0) is 14.4. The van der Waals surface area contributed by atoms with E-state index in [1.54, 1.807) is 11.3 Å². The average molecular weight is 295 g/mol. The van der Waals surface area contributed by atoms with Gasteiger partial charge < -0.3 is 4.74 Å². The van der Waals surface area contributed by atoms with Crippen molar-refractivity contribution in [1.82, 2.24) is 4.98 Å². The lowest BCUT2D eigenvalue weighted by Crippen LogP contribution is -2.25. The van der Waals surface area contributed by atoms with Crippen LogP contribution in [0.5, 0.6) is 5.75 Å². The molecule has 1 unspecified atom stereocenters. The lowest BCUT2D eigenvalue weighted by molar-refractivity contribution is -0.137. The summed E-state index contributed by atoms with van der Waals surface area (Å²) in [6, 6.07) is 14.0. The highest BCUT2D eigenvalue weighted by Crippen LogP contribution is 2.36. The van der Waals surface area contributed by atoms with Gasteiger partial charge in [-0.25, -0.2) is 4.98 Å². The van der Waals surface area contributed by atoms with Crippen LogP contribution in [0.1, 0.15) is 22.1 Å². The first-order chi connectivity index (χ1) is 10.2. The van der Waals surface area contributed by atoms with Gasteiger partial charge in [0, 0.05) is 0 Å². The number of aryl methyl sites for hydroxylation is 1. The van der Waals surface area contributed by atoms with E-state index in [4.69, 9.17) is 4.74 Å². The van der Waals surface area contributed by atoms with Crippen molar-refractivity contribution in [3.63, 3.8) is 0 Å². The molecule has 0 N–H and O–H groups in total. The van der Waals surface area contributed by atoms with Crippen molar-refractivity contribution in [3.05, 3.63) is 58.6 Å². The maximum atomic E-state index is 12.3. The number of aromatic nitrogens is 1. The molecule has 0 saturated carbocycles. The number of carbonyl (C=O) groups is 1. The molecule has 3 nitrogen and oxygen atoms in total. The van der Waals surface area contributed by atoms with E-state index < -0.39 is 0 Å². The van der Waals surface area contributed by atoms with Crippen LogP contribution < -0.4 is 4.74 Å². The van der Waals surface area contributed by atoms with Crippen molar-refractivity contribution in [2.75, 3.05) is 0 Å². The molecule has 1 atom stereocenters. The Kier molecular flexibility index (Phi) is 2.79. The first-order valence-electron chi connectivity index (χ1n) is 6.87. The Labute approximate surface area is 126 Å². The fourth-order valence-corrected chi connectivity index (χ4v) is 3.69. The molecule has 104 valence electrons. The second kappa shape index (κ2) is 4.67. The number of para-hydroxylation sites is 1. The summed E-state index contributed by atoms with van der Waals surface area (Å²) in [5, 5.41) is 0.840. The molecule has 3 aromatic rings. The van der Waals surface area contributed by atoms with Crippen molar-refractivity contribution in [3.8, 4) is 5.75 Å². The van der Waals surface area contributed by atoms with Gasteiger partial charge in [0.15, 0.2) is 0 Å². The van der Waals surface area contributed by atoms with Gasteiger partial charge in [-0.3, -0.25) is 4.79 Å². The van der Waals surface area contributed by atoms with Crippen LogP contribution in [0.4, 0.5) is 0 Å². The normalized spacial score (nSPS) is 17.6. The summed E-state index contributed by atoms with van der Waals surface area (Å²) >= 11 is 1.57. The number of ether oxygens (including phenoxy) is 1. The molecule has 0 saturated heterocycles. The molecule has 0 radical (unpaired) electrons. The fourth-order valence-electron chi connectivity index (χ4n) is 2.64. The van der Waals surface area contributed by atoms with Gasteiger partial charge in [0.25, 0.3) is 0 Å². The SMILES string of the molecule is Cc1ccc2c(c1)OC(=O)C(c1nc3ccccc3s1)C2. The van der Waals surface area contributed by atoms with Crippen LogP contribution in [0.25, 0.3) is 10.2 Å². The van der Waals surface area contributed by atoms with Crippen molar-refractivity contribution in [2.24, 2.45) is 0 Å². The minimum absolute atomic E-state index is 0.202. The first kappa shape index (κ1) is 12.5. The Morgan fingerprint density at radius 2 is 2.10 bits per heavy atom. The molecule has 0 aliphatic carbocycles. The number of hydrogen-bond acceptors (Lipinski definition) is 4. The predicted molar refractivity (Wildman–Crippen MR) is 82.9 cm³/mol. The highest BCUT2D eigenvalue weighted by molar-refractivity contribution is 7.18. The Morgan fingerprint density at radius 1 is 1.24 bits per heavy atom. The number of nitrogens with zero attached hydrogens (tertiary/aromatic N) is 1. The van der Waals surface area contributed by atoms with E-state index in [2.05, 4.69) is 4.98 Å². The molecule has 1 aliphatic rings. The number of rotatable bonds is 1. The van der Waals surface area contributed by atoms with Gasteiger partial charge >= 0.3 is 5.97 Å². The summed E-state index contributed by atoms with van der Waals surface area (Å²) in [6.07, 6.45) is 0.661. The summed E-state index contributed by atoms with van der Waals surface area (Å²) in [7, 11) is 0. The van der Waals surface area contributed by atoms with Crippen LogP contribution in [0, 0.1) is 6.92 Å². The van der Waals surface area contributed by atoms with Crippen LogP contribution in [0.3, 0.4) is 0 Å². The van der Waals surface area contributed by atoms with Gasteiger partial charge in [0.1, 0.15) is 16.7 Å². The molecule has 0 spiro atoms. The molecular weight excluding hydrogens is 282 g/mol. The molecule has 0 bridgehead atoms. The van der Waals surface area contributed by atoms with Gasteiger partial charge in [-0.05, 0) is 42.7 Å². The molecule has 21 heavy (non-hydrogen) atoms. The molecule has 4 heteroatoms. The van der Waals surface area contributed by atoms with Crippen LogP contribution >= 0.6 is 11.3 Å². The summed E-state index contributed by atoms with van der Waals surface area (Å²) in [5.74, 6) is 0.196. The minimum atomic E-state index is -0.294. The highest BCUT2D eigenvalue weighted by atomic mass is 32.1. The summed E-state index contributed by atoms with van der Waals surface area (Å²) in [4.78, 5) is 16.9. The van der Waals surface area contributed by atoms with E-state index in [-0.39, 0.29) is 11.9 Å². The number of carbonyl (C=O) groups excluding carboxylic acids is 1. The van der Waals surface area contributed by atoms with Crippen molar-refractivity contribution in [1.29, 1.82) is 0 Å². The zero-order valence-electron chi connectivity index (χ0n) is 11.5. The Balaban J connectivity index is 1.75. The van der Waals surface area contributed by atoms with E-state index in [0.717, 1.165) is 26.4 Å². The van der Waals surface area contributed by atoms with Crippen LogP contribution in [-0.4, -0.2) is 11.0 Å². The molecule has 4 rings (SSSR count). The number of benzene rings is 2. The lowest BCUT2D eigenvalue weighted by atomic mass is 9.96. The fraction of sp³-hybridized carbons (Fsp3) is 0.176. The number of hydrogen-bond donors (Lipinski definition) is 0. The standard InChI is InChI=1S/C17H13NO2S/c1-10-6-7-11-9-12(17(19)20-14(11)8-10)16-18-13-4-2-3-5-15(13)21-16/h2-8,12H,9H2,1H3. The Bertz CT molecular complexity index is 820. The van der Waals surface area contributed by atoms with Crippen molar-refractivity contribution >= 4 is 27.5 Å². The maximum Gasteiger partial charge on any atom is 0.321 e. The van der Waals surface area contributed by atoms with Crippen molar-refractivity contribution < 1.29 is 9.53 Å². The molecule has 0 fully saturated rings. The van der Waals surface area contributed by atoms with Gasteiger partial charge in [0.05, 0.1) is 10.2 Å². The third-order valence-corrected chi connectivity index (χ3v) is 4.90. The topological polar surface area (TPSA) is 39.2 Å². The molecule has 1 aromatic heterocycles. The zero-order valence-corrected chi connectivity index (χ0v) is 12.3. The van der Waals surface area contributed by atoms with E-state index in [0.29, 0.717) is 12.2 Å². The third kappa shape index (κ3) is 2.12. The van der Waals surface area contributed by atoms with Crippen LogP contribution in [0.2, 0.25) is 0 Å². The number of thiazole rings is 1. The Hall–Kier alpha value is -2.20. The van der Waals surface area contributed by atoms with Gasteiger partial charge in [-0.15, -0.1) is 11.3 Å². The monoisotopic (exact) mass is 295 g/mol. The van der Waals surface area contributed by atoms with Gasteiger partial charge in [-0.1, -0.05) is 24.3 Å². The van der Waals surface area contributed by atoms with E-state index in [1.165, 1.54) is 0 Å². The second-order valence-corrected chi connectivity index (χ2v) is 6.37. The third-order valence-electron chi connectivity index (χ3n) is 3.75. The minimum Gasteiger partial charge on any atom is -0.426 e. The van der Waals surface area contributed by atoms with Crippen LogP contribution in [-0.2, 0) is 11.2 Å². The van der Waals surface area contributed by atoms with Gasteiger partial charge in [0.2, 0.25) is 0 Å².